The molecule has 0 rings (SSSR count). The molecule has 0 fully saturated rings. The van der Waals surface area contributed by atoms with Gasteiger partial charge in [-0.3, -0.25) is 4.79 Å². The van der Waals surface area contributed by atoms with Gasteiger partial charge in [0.2, 0.25) is 0 Å². The van der Waals surface area contributed by atoms with Crippen molar-refractivity contribution in [2.75, 3.05) is 6.61 Å². The van der Waals surface area contributed by atoms with Crippen molar-refractivity contribution in [1.29, 1.82) is 0 Å². The summed E-state index contributed by atoms with van der Waals surface area (Å²) >= 11 is 0. The fraction of sp³-hybridized carbons (Fsp3) is 0.875. The predicted octanol–water partition coefficient (Wildman–Crippen LogP) is 1.37. The van der Waals surface area contributed by atoms with E-state index >= 15 is 0 Å². The molecule has 8 radical (unpaired) electrons. The van der Waals surface area contributed by atoms with Gasteiger partial charge in [-0.25, -0.2) is 0 Å². The van der Waals surface area contributed by atoms with Crippen LogP contribution in [0.5, 0.6) is 0 Å². The van der Waals surface area contributed by atoms with Gasteiger partial charge in [-0.1, -0.05) is 19.8 Å². The number of carbonyl (C=O) groups is 1. The van der Waals surface area contributed by atoms with Crippen LogP contribution in [0.15, 0.2) is 0 Å². The van der Waals surface area contributed by atoms with E-state index in [1.54, 1.807) is 0 Å². The molecule has 2 nitrogen and oxygen atoms in total. The molecule has 0 saturated heterocycles. The molecule has 0 aromatic rings. The third-order valence-electron chi connectivity index (χ3n) is 1.29. The molecule has 0 amide bonds. The standard InChI is InChI=1S/C8H16O2.2Sn/c1-3-5-6-7-8(9)10-4-2;;/h3-7H2,1-2H3;;. The quantitative estimate of drug-likeness (QED) is 0.408. The maximum Gasteiger partial charge on any atom is 0.305 e. The Hall–Kier alpha value is 1.07. The molecule has 0 aliphatic carbocycles. The third kappa shape index (κ3) is 13.6. The van der Waals surface area contributed by atoms with Crippen molar-refractivity contribution in [1.82, 2.24) is 0 Å². The fourth-order valence-corrected chi connectivity index (χ4v) is 0.752. The normalized spacial score (nSPS) is 7.83. The molecule has 0 aromatic carbocycles. The second-order valence-electron chi connectivity index (χ2n) is 2.26. The second kappa shape index (κ2) is 14.6. The first-order valence-corrected chi connectivity index (χ1v) is 3.96. The molecule has 0 spiro atoms. The van der Waals surface area contributed by atoms with E-state index in [1.807, 2.05) is 6.92 Å². The Labute approximate surface area is 109 Å². The molecule has 4 heteroatoms. The van der Waals surface area contributed by atoms with Crippen molar-refractivity contribution in [3.63, 3.8) is 0 Å². The van der Waals surface area contributed by atoms with Gasteiger partial charge in [-0.15, -0.1) is 0 Å². The van der Waals surface area contributed by atoms with Gasteiger partial charge < -0.3 is 4.74 Å². The number of carbonyl (C=O) groups excluding carboxylic acids is 1. The molecule has 0 unspecified atom stereocenters. The summed E-state index contributed by atoms with van der Waals surface area (Å²) in [5.41, 5.74) is 0. The number of esters is 1. The Morgan fingerprint density at radius 1 is 1.17 bits per heavy atom. The van der Waals surface area contributed by atoms with Crippen LogP contribution in [0.2, 0.25) is 0 Å². The van der Waals surface area contributed by atoms with Gasteiger partial charge in [-0.2, -0.15) is 0 Å². The first-order chi connectivity index (χ1) is 4.81. The van der Waals surface area contributed by atoms with Gasteiger partial charge in [0.15, 0.2) is 0 Å². The van der Waals surface area contributed by atoms with E-state index in [1.165, 1.54) is 0 Å². The number of rotatable bonds is 5. The maximum absolute atomic E-state index is 10.7. The fourth-order valence-electron chi connectivity index (χ4n) is 0.752. The molecule has 0 aliphatic heterocycles. The van der Waals surface area contributed by atoms with Gasteiger partial charge in [0.05, 0.1) is 6.61 Å². The zero-order chi connectivity index (χ0) is 7.82. The van der Waals surface area contributed by atoms with E-state index in [0.717, 1.165) is 19.3 Å². The minimum atomic E-state index is -0.0593. The van der Waals surface area contributed by atoms with E-state index in [0.29, 0.717) is 13.0 Å². The van der Waals surface area contributed by atoms with Crippen LogP contribution in [0.25, 0.3) is 0 Å². The Morgan fingerprint density at radius 3 is 2.17 bits per heavy atom. The third-order valence-corrected chi connectivity index (χ3v) is 1.29. The summed E-state index contributed by atoms with van der Waals surface area (Å²) in [6.07, 6.45) is 3.83. The van der Waals surface area contributed by atoms with Crippen LogP contribution in [-0.4, -0.2) is 60.4 Å². The molecular weight excluding hydrogens is 366 g/mol. The number of hydrogen-bond donors (Lipinski definition) is 0. The van der Waals surface area contributed by atoms with Gasteiger partial charge in [-0.05, 0) is 13.3 Å². The van der Waals surface area contributed by atoms with Crippen LogP contribution in [0.4, 0.5) is 0 Å². The summed E-state index contributed by atoms with van der Waals surface area (Å²) in [6.45, 7) is 4.45. The maximum atomic E-state index is 10.7. The van der Waals surface area contributed by atoms with Crippen LogP contribution in [0, 0.1) is 0 Å². The van der Waals surface area contributed by atoms with Crippen molar-refractivity contribution in [2.45, 2.75) is 39.5 Å². The van der Waals surface area contributed by atoms with Crippen LogP contribution < -0.4 is 0 Å². The van der Waals surface area contributed by atoms with Crippen molar-refractivity contribution in [3.05, 3.63) is 0 Å². The Kier molecular flexibility index (Phi) is 22.8. The molecular formula is C8H16O2Sn2. The average molecular weight is 382 g/mol. The zero-order valence-electron chi connectivity index (χ0n) is 7.85. The number of unbranched alkanes of at least 4 members (excludes halogenated alkanes) is 2. The first-order valence-electron chi connectivity index (χ1n) is 3.96. The molecule has 0 N–H and O–H groups in total. The Balaban J connectivity index is -0.000000405. The van der Waals surface area contributed by atoms with Gasteiger partial charge in [0.25, 0.3) is 0 Å². The summed E-state index contributed by atoms with van der Waals surface area (Å²) in [6, 6.07) is 0. The summed E-state index contributed by atoms with van der Waals surface area (Å²) in [4.78, 5) is 10.7. The molecule has 0 aliphatic rings. The van der Waals surface area contributed by atoms with E-state index in [-0.39, 0.29) is 53.8 Å². The molecule has 0 aromatic heterocycles. The molecule has 0 bridgehead atoms. The van der Waals surface area contributed by atoms with Crippen molar-refractivity contribution in [3.8, 4) is 0 Å². The predicted molar refractivity (Wildman–Crippen MR) is 52.3 cm³/mol. The monoisotopic (exact) mass is 384 g/mol. The van der Waals surface area contributed by atoms with Crippen LogP contribution in [0.3, 0.4) is 0 Å². The SMILES string of the molecule is CCCCCC(=O)OCC.[Sn].[Sn]. The minimum absolute atomic E-state index is 0. The average Bonchev–Trinajstić information content (AvgIpc) is 1.89. The smallest absolute Gasteiger partial charge is 0.305 e. The van der Waals surface area contributed by atoms with Crippen molar-refractivity contribution < 1.29 is 9.53 Å². The van der Waals surface area contributed by atoms with Gasteiger partial charge in [0, 0.05) is 54.2 Å². The van der Waals surface area contributed by atoms with Crippen molar-refractivity contribution in [2.24, 2.45) is 0 Å². The van der Waals surface area contributed by atoms with Crippen LogP contribution in [0.1, 0.15) is 39.5 Å². The molecule has 12 heavy (non-hydrogen) atoms. The van der Waals surface area contributed by atoms with Gasteiger partial charge >= 0.3 is 5.97 Å². The Morgan fingerprint density at radius 2 is 1.75 bits per heavy atom. The zero-order valence-corrected chi connectivity index (χ0v) is 13.6. The van der Waals surface area contributed by atoms with E-state index < -0.39 is 0 Å². The minimum Gasteiger partial charge on any atom is -0.466 e. The molecule has 0 heterocycles. The van der Waals surface area contributed by atoms with E-state index in [9.17, 15) is 4.79 Å². The van der Waals surface area contributed by atoms with Gasteiger partial charge in [0.1, 0.15) is 0 Å². The summed E-state index contributed by atoms with van der Waals surface area (Å²) < 4.78 is 4.75. The topological polar surface area (TPSA) is 26.3 Å². The number of hydrogen-bond acceptors (Lipinski definition) is 2. The second-order valence-corrected chi connectivity index (χ2v) is 2.26. The van der Waals surface area contributed by atoms with Crippen LogP contribution in [-0.2, 0) is 9.53 Å². The van der Waals surface area contributed by atoms with Crippen LogP contribution >= 0.6 is 0 Å². The largest absolute Gasteiger partial charge is 0.466 e. The molecule has 0 saturated carbocycles. The number of ether oxygens (including phenoxy) is 1. The summed E-state index contributed by atoms with van der Waals surface area (Å²) in [5.74, 6) is -0.0593. The van der Waals surface area contributed by atoms with E-state index in [2.05, 4.69) is 6.92 Å². The van der Waals surface area contributed by atoms with E-state index in [4.69, 9.17) is 4.74 Å². The summed E-state index contributed by atoms with van der Waals surface area (Å²) in [7, 11) is 0. The Bertz CT molecular complexity index is 97.1. The molecule has 0 atom stereocenters. The summed E-state index contributed by atoms with van der Waals surface area (Å²) in [5, 5.41) is 0. The molecule has 68 valence electrons. The van der Waals surface area contributed by atoms with Crippen molar-refractivity contribution >= 4 is 53.8 Å². The first kappa shape index (κ1) is 18.8.